The molecule has 158 valence electrons. The van der Waals surface area contributed by atoms with Crippen molar-refractivity contribution in [1.82, 2.24) is 15.0 Å². The lowest BCUT2D eigenvalue weighted by Crippen LogP contribution is -2.30. The van der Waals surface area contributed by atoms with Gasteiger partial charge >= 0.3 is 0 Å². The number of carbonyl (C=O) groups excluding carboxylic acids is 1. The second-order valence-electron chi connectivity index (χ2n) is 7.80. The molecule has 1 fully saturated rings. The summed E-state index contributed by atoms with van der Waals surface area (Å²) in [7, 11) is 1.63. The Bertz CT molecular complexity index is 774. The van der Waals surface area contributed by atoms with Gasteiger partial charge in [-0.05, 0) is 31.4 Å². The number of aromatic nitrogens is 2. The monoisotopic (exact) mass is 399 g/mol. The maximum absolute atomic E-state index is 12.7. The lowest BCUT2D eigenvalue weighted by atomic mass is 10.1. The summed E-state index contributed by atoms with van der Waals surface area (Å²) in [6.45, 7) is 3.01. The Balaban J connectivity index is 1.54. The molecule has 2 aromatic rings. The average Bonchev–Trinajstić information content (AvgIpc) is 3.42. The maximum Gasteiger partial charge on any atom is 0.249 e. The Morgan fingerprint density at radius 1 is 1.21 bits per heavy atom. The molecule has 1 aliphatic rings. The van der Waals surface area contributed by atoms with Crippen molar-refractivity contribution in [2.24, 2.45) is 0 Å². The Labute approximate surface area is 173 Å². The summed E-state index contributed by atoms with van der Waals surface area (Å²) < 4.78 is 10.8. The van der Waals surface area contributed by atoms with Crippen molar-refractivity contribution in [1.29, 1.82) is 0 Å². The van der Waals surface area contributed by atoms with Gasteiger partial charge in [0.05, 0.1) is 7.11 Å². The number of hydrogen-bond donors (Lipinski definition) is 0. The van der Waals surface area contributed by atoms with Crippen molar-refractivity contribution in [3.63, 3.8) is 0 Å². The van der Waals surface area contributed by atoms with E-state index >= 15 is 0 Å². The molecule has 0 aliphatic carbocycles. The molecule has 1 amide bonds. The van der Waals surface area contributed by atoms with Gasteiger partial charge in [0.1, 0.15) is 11.8 Å². The van der Waals surface area contributed by atoms with E-state index < -0.39 is 0 Å². The number of ether oxygens (including phenoxy) is 1. The largest absolute Gasteiger partial charge is 0.497 e. The van der Waals surface area contributed by atoms with E-state index in [4.69, 9.17) is 9.26 Å². The molecule has 0 spiro atoms. The fourth-order valence-corrected chi connectivity index (χ4v) is 3.95. The van der Waals surface area contributed by atoms with Crippen LogP contribution in [0.2, 0.25) is 0 Å². The van der Waals surface area contributed by atoms with Crippen LogP contribution in [0, 0.1) is 0 Å². The van der Waals surface area contributed by atoms with Crippen LogP contribution in [0.3, 0.4) is 0 Å². The Hall–Kier alpha value is -2.37. The maximum atomic E-state index is 12.7. The highest BCUT2D eigenvalue weighted by Crippen LogP contribution is 2.33. The van der Waals surface area contributed by atoms with Crippen molar-refractivity contribution in [3.8, 4) is 17.1 Å². The molecule has 0 bridgehead atoms. The number of likely N-dealkylation sites (tertiary alicyclic amines) is 1. The first-order valence-electron chi connectivity index (χ1n) is 11.0. The number of benzene rings is 1. The average molecular weight is 400 g/mol. The highest BCUT2D eigenvalue weighted by molar-refractivity contribution is 5.76. The molecule has 1 atom stereocenters. The minimum absolute atomic E-state index is 0.0982. The van der Waals surface area contributed by atoms with Gasteiger partial charge in [-0.15, -0.1) is 0 Å². The van der Waals surface area contributed by atoms with Gasteiger partial charge in [-0.25, -0.2) is 0 Å². The first kappa shape index (κ1) is 21.3. The predicted molar refractivity (Wildman–Crippen MR) is 113 cm³/mol. The first-order chi connectivity index (χ1) is 14.2. The smallest absolute Gasteiger partial charge is 0.249 e. The SMILES string of the molecule is CCCCCCCCCC(=O)N1CCCC1c1nc(-c2cccc(OC)c2)no1. The van der Waals surface area contributed by atoms with Gasteiger partial charge < -0.3 is 14.2 Å². The van der Waals surface area contributed by atoms with Crippen molar-refractivity contribution >= 4 is 5.91 Å². The van der Waals surface area contributed by atoms with E-state index in [1.165, 1.54) is 32.1 Å². The van der Waals surface area contributed by atoms with Gasteiger partial charge in [0.15, 0.2) is 0 Å². The van der Waals surface area contributed by atoms with Crippen LogP contribution in [0.4, 0.5) is 0 Å². The van der Waals surface area contributed by atoms with Crippen LogP contribution in [-0.2, 0) is 4.79 Å². The molecule has 1 aromatic carbocycles. The highest BCUT2D eigenvalue weighted by atomic mass is 16.5. The molecule has 6 nitrogen and oxygen atoms in total. The van der Waals surface area contributed by atoms with Crippen molar-refractivity contribution in [2.45, 2.75) is 77.2 Å². The van der Waals surface area contributed by atoms with Crippen LogP contribution in [0.15, 0.2) is 28.8 Å². The second-order valence-corrected chi connectivity index (χ2v) is 7.80. The van der Waals surface area contributed by atoms with Crippen LogP contribution in [-0.4, -0.2) is 34.6 Å². The number of unbranched alkanes of at least 4 members (excludes halogenated alkanes) is 6. The quantitative estimate of drug-likeness (QED) is 0.463. The fourth-order valence-electron chi connectivity index (χ4n) is 3.95. The fraction of sp³-hybridized carbons (Fsp3) is 0.609. The van der Waals surface area contributed by atoms with Crippen LogP contribution < -0.4 is 4.74 Å². The lowest BCUT2D eigenvalue weighted by molar-refractivity contribution is -0.132. The molecule has 0 N–H and O–H groups in total. The number of hydrogen-bond acceptors (Lipinski definition) is 5. The minimum Gasteiger partial charge on any atom is -0.497 e. The summed E-state index contributed by atoms with van der Waals surface area (Å²) in [6, 6.07) is 7.49. The van der Waals surface area contributed by atoms with E-state index in [1.54, 1.807) is 7.11 Å². The molecule has 6 heteroatoms. The van der Waals surface area contributed by atoms with Gasteiger partial charge in [-0.2, -0.15) is 4.98 Å². The van der Waals surface area contributed by atoms with Crippen LogP contribution in [0.1, 0.15) is 83.1 Å². The first-order valence-corrected chi connectivity index (χ1v) is 11.0. The summed E-state index contributed by atoms with van der Waals surface area (Å²) in [6.07, 6.45) is 11.0. The van der Waals surface area contributed by atoms with E-state index in [0.29, 0.717) is 18.1 Å². The standard InChI is InChI=1S/C23H33N3O3/c1-3-4-5-6-7-8-9-15-21(27)26-16-11-14-20(26)23-24-22(25-29-23)18-12-10-13-19(17-18)28-2/h10,12-13,17,20H,3-9,11,14-16H2,1-2H3. The highest BCUT2D eigenvalue weighted by Gasteiger charge is 2.33. The predicted octanol–water partition coefficient (Wildman–Crippen LogP) is 5.55. The zero-order chi connectivity index (χ0) is 20.5. The van der Waals surface area contributed by atoms with Crippen LogP contribution >= 0.6 is 0 Å². The third-order valence-corrected chi connectivity index (χ3v) is 5.62. The third-order valence-electron chi connectivity index (χ3n) is 5.62. The molecule has 29 heavy (non-hydrogen) atoms. The lowest BCUT2D eigenvalue weighted by Gasteiger charge is -2.21. The van der Waals surface area contributed by atoms with Crippen molar-refractivity contribution in [2.75, 3.05) is 13.7 Å². The number of rotatable bonds is 11. The van der Waals surface area contributed by atoms with Crippen LogP contribution in [0.5, 0.6) is 5.75 Å². The van der Waals surface area contributed by atoms with Crippen LogP contribution in [0.25, 0.3) is 11.4 Å². The van der Waals surface area contributed by atoms with Gasteiger partial charge in [-0.3, -0.25) is 4.79 Å². The number of amides is 1. The third kappa shape index (κ3) is 5.81. The summed E-state index contributed by atoms with van der Waals surface area (Å²) >= 11 is 0. The van der Waals surface area contributed by atoms with Gasteiger partial charge in [0.2, 0.25) is 17.6 Å². The molecule has 0 saturated carbocycles. The number of methoxy groups -OCH3 is 1. The summed E-state index contributed by atoms with van der Waals surface area (Å²) in [4.78, 5) is 19.3. The Kier molecular flexibility index (Phi) is 8.08. The number of nitrogens with zero attached hydrogens (tertiary/aromatic N) is 3. The van der Waals surface area contributed by atoms with E-state index in [1.807, 2.05) is 29.2 Å². The second kappa shape index (κ2) is 11.0. The number of carbonyl (C=O) groups is 1. The van der Waals surface area contributed by atoms with E-state index in [9.17, 15) is 4.79 Å². The zero-order valence-electron chi connectivity index (χ0n) is 17.7. The molecular formula is C23H33N3O3. The molecular weight excluding hydrogens is 366 g/mol. The Morgan fingerprint density at radius 2 is 2.00 bits per heavy atom. The summed E-state index contributed by atoms with van der Waals surface area (Å²) in [5, 5.41) is 4.13. The summed E-state index contributed by atoms with van der Waals surface area (Å²) in [5.41, 5.74) is 0.846. The van der Waals surface area contributed by atoms with E-state index in [2.05, 4.69) is 17.1 Å². The molecule has 2 heterocycles. The topological polar surface area (TPSA) is 68.5 Å². The van der Waals surface area contributed by atoms with E-state index in [0.717, 1.165) is 43.5 Å². The van der Waals surface area contributed by atoms with Gasteiger partial charge in [-0.1, -0.05) is 62.7 Å². The van der Waals surface area contributed by atoms with Crippen molar-refractivity contribution in [3.05, 3.63) is 30.2 Å². The Morgan fingerprint density at radius 3 is 2.79 bits per heavy atom. The molecule has 1 saturated heterocycles. The summed E-state index contributed by atoms with van der Waals surface area (Å²) in [5.74, 6) is 2.03. The molecule has 0 radical (unpaired) electrons. The minimum atomic E-state index is -0.0982. The zero-order valence-corrected chi connectivity index (χ0v) is 17.7. The van der Waals surface area contributed by atoms with Crippen molar-refractivity contribution < 1.29 is 14.1 Å². The molecule has 1 aliphatic heterocycles. The van der Waals surface area contributed by atoms with E-state index in [-0.39, 0.29) is 11.9 Å². The molecule has 1 unspecified atom stereocenters. The molecule has 3 rings (SSSR count). The molecule has 1 aromatic heterocycles. The normalized spacial score (nSPS) is 16.3. The van der Waals surface area contributed by atoms with Gasteiger partial charge in [0, 0.05) is 18.5 Å². The van der Waals surface area contributed by atoms with Gasteiger partial charge in [0.25, 0.3) is 0 Å².